The number of carbonyl (C=O) groups is 1. The Labute approximate surface area is 73.9 Å². The van der Waals surface area contributed by atoms with Crippen LogP contribution in [0.5, 0.6) is 0 Å². The van der Waals surface area contributed by atoms with Crippen LogP contribution >= 0.6 is 0 Å². The summed E-state index contributed by atoms with van der Waals surface area (Å²) in [5.74, 6) is 1.44. The van der Waals surface area contributed by atoms with E-state index in [4.69, 9.17) is 0 Å². The molecule has 1 heterocycles. The third kappa shape index (κ3) is 1.47. The van der Waals surface area contributed by atoms with E-state index in [2.05, 4.69) is 6.92 Å². The highest BCUT2D eigenvalue weighted by molar-refractivity contribution is 5.79. The van der Waals surface area contributed by atoms with Crippen molar-refractivity contribution >= 4 is 5.91 Å². The smallest absolute Gasteiger partial charge is 0.225 e. The first-order valence-corrected chi connectivity index (χ1v) is 5.08. The van der Waals surface area contributed by atoms with Gasteiger partial charge in [-0.2, -0.15) is 0 Å². The lowest BCUT2D eigenvalue weighted by Gasteiger charge is -2.19. The molecule has 12 heavy (non-hydrogen) atoms. The number of hydrogen-bond donors (Lipinski definition) is 0. The zero-order chi connectivity index (χ0) is 8.55. The molecule has 0 bridgehead atoms. The van der Waals surface area contributed by atoms with Gasteiger partial charge >= 0.3 is 0 Å². The van der Waals surface area contributed by atoms with Crippen LogP contribution in [0, 0.1) is 11.8 Å². The Bertz CT molecular complexity index is 176. The largest absolute Gasteiger partial charge is 0.342 e. The molecule has 0 aromatic rings. The van der Waals surface area contributed by atoms with Crippen LogP contribution in [0.15, 0.2) is 0 Å². The maximum absolute atomic E-state index is 11.8. The van der Waals surface area contributed by atoms with Crippen LogP contribution in [-0.4, -0.2) is 23.9 Å². The van der Waals surface area contributed by atoms with E-state index in [1.807, 2.05) is 4.90 Å². The molecular weight excluding hydrogens is 150 g/mol. The van der Waals surface area contributed by atoms with Crippen molar-refractivity contribution < 1.29 is 4.79 Å². The lowest BCUT2D eigenvalue weighted by Crippen LogP contribution is -2.33. The van der Waals surface area contributed by atoms with Gasteiger partial charge in [0.1, 0.15) is 0 Å². The molecule has 2 nitrogen and oxygen atoms in total. The van der Waals surface area contributed by atoms with E-state index in [1.54, 1.807) is 0 Å². The molecule has 1 atom stereocenters. The molecule has 1 aliphatic carbocycles. The number of nitrogens with zero attached hydrogens (tertiary/aromatic N) is 1. The molecule has 1 saturated carbocycles. The predicted octanol–water partition coefficient (Wildman–Crippen LogP) is 1.65. The van der Waals surface area contributed by atoms with Crippen LogP contribution in [-0.2, 0) is 4.79 Å². The van der Waals surface area contributed by atoms with Gasteiger partial charge in [0, 0.05) is 19.0 Å². The normalized spacial score (nSPS) is 25.9. The summed E-state index contributed by atoms with van der Waals surface area (Å²) in [6.07, 6.45) is 4.98. The van der Waals surface area contributed by atoms with Crippen molar-refractivity contribution in [1.82, 2.24) is 4.90 Å². The summed E-state index contributed by atoms with van der Waals surface area (Å²) in [5, 5.41) is 0. The minimum Gasteiger partial charge on any atom is -0.342 e. The van der Waals surface area contributed by atoms with E-state index in [0.29, 0.717) is 11.8 Å². The fourth-order valence-corrected chi connectivity index (χ4v) is 2.02. The highest BCUT2D eigenvalue weighted by Gasteiger charge is 2.35. The Morgan fingerprint density at radius 3 is 2.42 bits per heavy atom. The van der Waals surface area contributed by atoms with Crippen molar-refractivity contribution in [3.8, 4) is 0 Å². The summed E-state index contributed by atoms with van der Waals surface area (Å²) in [7, 11) is 0. The van der Waals surface area contributed by atoms with Crippen LogP contribution in [0.1, 0.15) is 32.6 Å². The van der Waals surface area contributed by atoms with Gasteiger partial charge in [-0.25, -0.2) is 0 Å². The number of carbonyl (C=O) groups excluding carboxylic acids is 1. The molecule has 0 unspecified atom stereocenters. The van der Waals surface area contributed by atoms with E-state index in [0.717, 1.165) is 19.0 Å². The van der Waals surface area contributed by atoms with Crippen LogP contribution < -0.4 is 0 Å². The van der Waals surface area contributed by atoms with Gasteiger partial charge in [-0.15, -0.1) is 0 Å². The molecule has 1 saturated heterocycles. The van der Waals surface area contributed by atoms with Crippen molar-refractivity contribution in [2.24, 2.45) is 11.8 Å². The minimum atomic E-state index is 0.308. The molecule has 0 N–H and O–H groups in total. The zero-order valence-electron chi connectivity index (χ0n) is 7.75. The van der Waals surface area contributed by atoms with Crippen LogP contribution in [0.25, 0.3) is 0 Å². The van der Waals surface area contributed by atoms with Crippen LogP contribution in [0.4, 0.5) is 0 Å². The highest BCUT2D eigenvalue weighted by Crippen LogP contribution is 2.37. The molecule has 0 aromatic heterocycles. The lowest BCUT2D eigenvalue weighted by atomic mass is 10.1. The average Bonchev–Trinajstić information content (AvgIpc) is 2.79. The molecule has 2 fully saturated rings. The van der Waals surface area contributed by atoms with E-state index >= 15 is 0 Å². The first kappa shape index (κ1) is 8.09. The third-order valence-electron chi connectivity index (χ3n) is 3.14. The SMILES string of the molecule is C[C@H](C(=O)N1CCCC1)C1CC1. The molecule has 0 spiro atoms. The summed E-state index contributed by atoms with van der Waals surface area (Å²) in [5.41, 5.74) is 0. The fraction of sp³-hybridized carbons (Fsp3) is 0.900. The van der Waals surface area contributed by atoms with Gasteiger partial charge in [0.2, 0.25) is 5.91 Å². The van der Waals surface area contributed by atoms with Crippen molar-refractivity contribution in [3.63, 3.8) is 0 Å². The number of likely N-dealkylation sites (tertiary alicyclic amines) is 1. The maximum atomic E-state index is 11.8. The standard InChI is InChI=1S/C10H17NO/c1-8(9-4-5-9)10(12)11-6-2-3-7-11/h8-9H,2-7H2,1H3/t8-/m0/s1. The van der Waals surface area contributed by atoms with Gasteiger partial charge in [0.05, 0.1) is 0 Å². The van der Waals surface area contributed by atoms with Gasteiger partial charge in [0.15, 0.2) is 0 Å². The first-order valence-electron chi connectivity index (χ1n) is 5.08. The Morgan fingerprint density at radius 2 is 1.92 bits per heavy atom. The van der Waals surface area contributed by atoms with E-state index in [9.17, 15) is 4.79 Å². The maximum Gasteiger partial charge on any atom is 0.225 e. The molecule has 2 aliphatic rings. The van der Waals surface area contributed by atoms with Crippen molar-refractivity contribution in [3.05, 3.63) is 0 Å². The van der Waals surface area contributed by atoms with Crippen molar-refractivity contribution in [2.45, 2.75) is 32.6 Å². The van der Waals surface area contributed by atoms with Crippen molar-refractivity contribution in [2.75, 3.05) is 13.1 Å². The van der Waals surface area contributed by atoms with Gasteiger partial charge in [-0.3, -0.25) is 4.79 Å². The second-order valence-electron chi connectivity index (χ2n) is 4.16. The molecule has 0 radical (unpaired) electrons. The van der Waals surface area contributed by atoms with Crippen molar-refractivity contribution in [1.29, 1.82) is 0 Å². The van der Waals surface area contributed by atoms with Gasteiger partial charge in [0.25, 0.3) is 0 Å². The molecule has 1 aliphatic heterocycles. The Balaban J connectivity index is 1.88. The zero-order valence-corrected chi connectivity index (χ0v) is 7.75. The summed E-state index contributed by atoms with van der Waals surface area (Å²) in [6.45, 7) is 4.12. The second-order valence-corrected chi connectivity index (χ2v) is 4.16. The summed E-state index contributed by atoms with van der Waals surface area (Å²) in [6, 6.07) is 0. The molecule has 68 valence electrons. The van der Waals surface area contributed by atoms with E-state index in [-0.39, 0.29) is 0 Å². The molecule has 2 heteroatoms. The molecule has 2 rings (SSSR count). The Kier molecular flexibility index (Phi) is 2.07. The first-order chi connectivity index (χ1) is 5.79. The monoisotopic (exact) mass is 167 g/mol. The number of hydrogen-bond acceptors (Lipinski definition) is 1. The third-order valence-corrected chi connectivity index (χ3v) is 3.14. The van der Waals surface area contributed by atoms with Crippen LogP contribution in [0.2, 0.25) is 0 Å². The number of amides is 1. The Morgan fingerprint density at radius 1 is 1.33 bits per heavy atom. The highest BCUT2D eigenvalue weighted by atomic mass is 16.2. The average molecular weight is 167 g/mol. The molecule has 1 amide bonds. The predicted molar refractivity (Wildman–Crippen MR) is 47.7 cm³/mol. The quantitative estimate of drug-likeness (QED) is 0.612. The lowest BCUT2D eigenvalue weighted by molar-refractivity contribution is -0.134. The summed E-state index contributed by atoms with van der Waals surface area (Å²) >= 11 is 0. The number of rotatable bonds is 2. The summed E-state index contributed by atoms with van der Waals surface area (Å²) in [4.78, 5) is 13.8. The van der Waals surface area contributed by atoms with Gasteiger partial charge < -0.3 is 4.90 Å². The summed E-state index contributed by atoms with van der Waals surface area (Å²) < 4.78 is 0. The Hall–Kier alpha value is -0.530. The minimum absolute atomic E-state index is 0.308. The van der Waals surface area contributed by atoms with Crippen LogP contribution in [0.3, 0.4) is 0 Å². The van der Waals surface area contributed by atoms with E-state index in [1.165, 1.54) is 25.7 Å². The molecule has 0 aromatic carbocycles. The topological polar surface area (TPSA) is 20.3 Å². The molecular formula is C10H17NO. The second kappa shape index (κ2) is 3.08. The van der Waals surface area contributed by atoms with E-state index < -0.39 is 0 Å². The van der Waals surface area contributed by atoms with Gasteiger partial charge in [-0.05, 0) is 31.6 Å². The van der Waals surface area contributed by atoms with Gasteiger partial charge in [-0.1, -0.05) is 6.92 Å². The fourth-order valence-electron chi connectivity index (χ4n) is 2.02.